The van der Waals surface area contributed by atoms with Crippen molar-refractivity contribution in [3.63, 3.8) is 0 Å². The van der Waals surface area contributed by atoms with Gasteiger partial charge in [-0.3, -0.25) is 0 Å². The van der Waals surface area contributed by atoms with E-state index < -0.39 is 12.5 Å². The minimum atomic E-state index is -4.73. The molecule has 1 unspecified atom stereocenters. The first-order valence-electron chi connectivity index (χ1n) is 7.22. The zero-order valence-electron chi connectivity index (χ0n) is 12.8. The number of halogens is 3. The number of benzene rings is 1. The summed E-state index contributed by atoms with van der Waals surface area (Å²) in [5.41, 5.74) is 2.01. The average Bonchev–Trinajstić information content (AvgIpc) is 3.29. The standard InChI is InChI=1S/C17H19F3O3/c1-11(9-14(10-22-2)12-3-4-12)16(21)13-5-7-15(8-6-13)23-17(18,19)20/h5-9,12,16,21H,1,3-4,10H2,2H3/b14-9+. The zero-order chi connectivity index (χ0) is 17.0. The summed E-state index contributed by atoms with van der Waals surface area (Å²) >= 11 is 0. The molecule has 1 aromatic rings. The molecule has 1 fully saturated rings. The molecule has 0 bridgehead atoms. The molecule has 1 saturated carbocycles. The van der Waals surface area contributed by atoms with Crippen molar-refractivity contribution in [2.45, 2.75) is 25.3 Å². The summed E-state index contributed by atoms with van der Waals surface area (Å²) in [4.78, 5) is 0. The van der Waals surface area contributed by atoms with Crippen LogP contribution < -0.4 is 4.74 Å². The van der Waals surface area contributed by atoms with Gasteiger partial charge in [-0.1, -0.05) is 24.8 Å². The minimum absolute atomic E-state index is 0.326. The fourth-order valence-electron chi connectivity index (χ4n) is 2.28. The molecule has 6 heteroatoms. The summed E-state index contributed by atoms with van der Waals surface area (Å²) in [5.74, 6) is 0.147. The van der Waals surface area contributed by atoms with Gasteiger partial charge in [-0.15, -0.1) is 13.2 Å². The van der Waals surface area contributed by atoms with E-state index in [4.69, 9.17) is 4.74 Å². The molecule has 1 atom stereocenters. The predicted octanol–water partition coefficient (Wildman–Crippen LogP) is 4.16. The third-order valence-electron chi connectivity index (χ3n) is 3.56. The molecule has 0 radical (unpaired) electrons. The Bertz CT molecular complexity index is 572. The highest BCUT2D eigenvalue weighted by Crippen LogP contribution is 2.38. The zero-order valence-corrected chi connectivity index (χ0v) is 12.8. The summed E-state index contributed by atoms with van der Waals surface area (Å²) in [6, 6.07) is 5.11. The maximum absolute atomic E-state index is 12.1. The largest absolute Gasteiger partial charge is 0.573 e. The molecule has 0 saturated heterocycles. The van der Waals surface area contributed by atoms with Gasteiger partial charge in [-0.2, -0.15) is 0 Å². The van der Waals surface area contributed by atoms with E-state index in [0.29, 0.717) is 23.7 Å². The van der Waals surface area contributed by atoms with Gasteiger partial charge in [-0.25, -0.2) is 0 Å². The number of aliphatic hydroxyl groups excluding tert-OH is 1. The van der Waals surface area contributed by atoms with E-state index in [1.165, 1.54) is 24.3 Å². The average molecular weight is 328 g/mol. The van der Waals surface area contributed by atoms with Gasteiger partial charge >= 0.3 is 6.36 Å². The smallest absolute Gasteiger partial charge is 0.406 e. The van der Waals surface area contributed by atoms with Crippen LogP contribution in [0.3, 0.4) is 0 Å². The Balaban J connectivity index is 2.05. The van der Waals surface area contributed by atoms with Crippen LogP contribution in [0.15, 0.2) is 48.1 Å². The normalized spacial score (nSPS) is 17.0. The molecule has 1 aliphatic rings. The molecule has 0 amide bonds. The topological polar surface area (TPSA) is 38.7 Å². The number of hydrogen-bond donors (Lipinski definition) is 1. The Labute approximate surface area is 133 Å². The van der Waals surface area contributed by atoms with Crippen LogP contribution in [0.25, 0.3) is 0 Å². The molecule has 2 rings (SSSR count). The molecule has 3 nitrogen and oxygen atoms in total. The molecular weight excluding hydrogens is 309 g/mol. The third-order valence-corrected chi connectivity index (χ3v) is 3.56. The third kappa shape index (κ3) is 5.41. The van der Waals surface area contributed by atoms with Crippen molar-refractivity contribution in [1.82, 2.24) is 0 Å². The summed E-state index contributed by atoms with van der Waals surface area (Å²) < 4.78 is 45.3. The highest BCUT2D eigenvalue weighted by atomic mass is 19.4. The number of methoxy groups -OCH3 is 1. The van der Waals surface area contributed by atoms with Crippen molar-refractivity contribution in [2.75, 3.05) is 13.7 Å². The van der Waals surface area contributed by atoms with Crippen molar-refractivity contribution in [2.24, 2.45) is 5.92 Å². The first kappa shape index (κ1) is 17.6. The van der Waals surface area contributed by atoms with E-state index in [0.717, 1.165) is 18.4 Å². The van der Waals surface area contributed by atoms with Crippen molar-refractivity contribution >= 4 is 0 Å². The van der Waals surface area contributed by atoms with Crippen LogP contribution in [-0.2, 0) is 4.74 Å². The second kappa shape index (κ2) is 7.19. The van der Waals surface area contributed by atoms with Crippen molar-refractivity contribution < 1.29 is 27.8 Å². The van der Waals surface area contributed by atoms with Crippen molar-refractivity contribution in [1.29, 1.82) is 0 Å². The van der Waals surface area contributed by atoms with Gasteiger partial charge in [0.1, 0.15) is 11.9 Å². The molecule has 23 heavy (non-hydrogen) atoms. The van der Waals surface area contributed by atoms with Gasteiger partial charge in [0.2, 0.25) is 0 Å². The molecule has 0 spiro atoms. The van der Waals surface area contributed by atoms with Crippen LogP contribution in [-0.4, -0.2) is 25.2 Å². The fourth-order valence-corrected chi connectivity index (χ4v) is 2.28. The second-order valence-electron chi connectivity index (χ2n) is 5.52. The Hall–Kier alpha value is -1.79. The molecule has 1 N–H and O–H groups in total. The predicted molar refractivity (Wildman–Crippen MR) is 79.9 cm³/mol. The van der Waals surface area contributed by atoms with Crippen LogP contribution in [0, 0.1) is 5.92 Å². The highest BCUT2D eigenvalue weighted by molar-refractivity contribution is 5.36. The Morgan fingerprint density at radius 2 is 1.96 bits per heavy atom. The fraction of sp³-hybridized carbons (Fsp3) is 0.412. The van der Waals surface area contributed by atoms with Gasteiger partial charge in [0, 0.05) is 7.11 Å². The lowest BCUT2D eigenvalue weighted by atomic mass is 9.99. The van der Waals surface area contributed by atoms with E-state index >= 15 is 0 Å². The molecular formula is C17H19F3O3. The first-order chi connectivity index (χ1) is 10.8. The maximum Gasteiger partial charge on any atom is 0.573 e. The lowest BCUT2D eigenvalue weighted by molar-refractivity contribution is -0.274. The van der Waals surface area contributed by atoms with Gasteiger partial charge in [0.25, 0.3) is 0 Å². The summed E-state index contributed by atoms with van der Waals surface area (Å²) in [6.45, 7) is 4.33. The summed E-state index contributed by atoms with van der Waals surface area (Å²) in [6.07, 6.45) is -1.71. The number of rotatable bonds is 7. The van der Waals surface area contributed by atoms with Gasteiger partial charge < -0.3 is 14.6 Å². The monoisotopic (exact) mass is 328 g/mol. The summed E-state index contributed by atoms with van der Waals surface area (Å²) in [7, 11) is 1.61. The van der Waals surface area contributed by atoms with Crippen LogP contribution in [0.5, 0.6) is 5.75 Å². The van der Waals surface area contributed by atoms with Gasteiger partial charge in [-0.05, 0) is 47.6 Å². The quantitative estimate of drug-likeness (QED) is 0.764. The first-order valence-corrected chi connectivity index (χ1v) is 7.22. The van der Waals surface area contributed by atoms with E-state index in [9.17, 15) is 18.3 Å². The highest BCUT2D eigenvalue weighted by Gasteiger charge is 2.31. The molecule has 1 aliphatic carbocycles. The number of aliphatic hydroxyl groups is 1. The Morgan fingerprint density at radius 3 is 2.43 bits per heavy atom. The lowest BCUT2D eigenvalue weighted by Crippen LogP contribution is -2.17. The lowest BCUT2D eigenvalue weighted by Gasteiger charge is -2.15. The van der Waals surface area contributed by atoms with E-state index in [1.54, 1.807) is 7.11 Å². The van der Waals surface area contributed by atoms with Gasteiger partial charge in [0.15, 0.2) is 0 Å². The van der Waals surface area contributed by atoms with Crippen molar-refractivity contribution in [3.8, 4) is 5.75 Å². The molecule has 0 aromatic heterocycles. The van der Waals surface area contributed by atoms with Crippen LogP contribution >= 0.6 is 0 Å². The second-order valence-corrected chi connectivity index (χ2v) is 5.52. The summed E-state index contributed by atoms with van der Waals surface area (Å²) in [5, 5.41) is 10.3. The maximum atomic E-state index is 12.1. The number of alkyl halides is 3. The SMILES string of the molecule is C=C(/C=C(\COC)C1CC1)C(O)c1ccc(OC(F)(F)F)cc1. The number of hydrogen-bond acceptors (Lipinski definition) is 3. The van der Waals surface area contributed by atoms with Crippen LogP contribution in [0.2, 0.25) is 0 Å². The molecule has 1 aromatic carbocycles. The van der Waals surface area contributed by atoms with E-state index in [2.05, 4.69) is 11.3 Å². The Morgan fingerprint density at radius 1 is 1.35 bits per heavy atom. The molecule has 0 heterocycles. The van der Waals surface area contributed by atoms with Crippen LogP contribution in [0.4, 0.5) is 13.2 Å². The molecule has 126 valence electrons. The van der Waals surface area contributed by atoms with Crippen LogP contribution in [0.1, 0.15) is 24.5 Å². The minimum Gasteiger partial charge on any atom is -0.406 e. The van der Waals surface area contributed by atoms with E-state index in [-0.39, 0.29) is 5.75 Å². The number of ether oxygens (including phenoxy) is 2. The van der Waals surface area contributed by atoms with Gasteiger partial charge in [0.05, 0.1) is 6.61 Å². The molecule has 0 aliphatic heterocycles. The van der Waals surface area contributed by atoms with E-state index in [1.807, 2.05) is 6.08 Å². The van der Waals surface area contributed by atoms with Crippen molar-refractivity contribution in [3.05, 3.63) is 53.6 Å². The Kier molecular flexibility index (Phi) is 5.49.